The van der Waals surface area contributed by atoms with E-state index in [-0.39, 0.29) is 23.2 Å². The Labute approximate surface area is 98.2 Å². The number of rotatable bonds is 3. The van der Waals surface area contributed by atoms with Gasteiger partial charge in [-0.2, -0.15) is 0 Å². The fourth-order valence-corrected chi connectivity index (χ4v) is 1.87. The lowest BCUT2D eigenvalue weighted by molar-refractivity contribution is -0.385. The molecule has 1 saturated heterocycles. The van der Waals surface area contributed by atoms with Gasteiger partial charge in [-0.3, -0.25) is 14.9 Å². The van der Waals surface area contributed by atoms with Gasteiger partial charge in [-0.05, 0) is 19.0 Å². The highest BCUT2D eigenvalue weighted by Gasteiger charge is 2.22. The van der Waals surface area contributed by atoms with Crippen LogP contribution in [-0.4, -0.2) is 30.0 Å². The summed E-state index contributed by atoms with van der Waals surface area (Å²) in [4.78, 5) is 22.1. The third kappa shape index (κ3) is 2.59. The lowest BCUT2D eigenvalue weighted by Crippen LogP contribution is -2.36. The molecule has 2 rings (SSSR count). The molecule has 0 aromatic heterocycles. The number of nitro groups is 1. The van der Waals surface area contributed by atoms with Crippen LogP contribution in [0.4, 0.5) is 5.69 Å². The molecule has 1 atom stereocenters. The quantitative estimate of drug-likeness (QED) is 0.596. The van der Waals surface area contributed by atoms with Crippen molar-refractivity contribution in [1.29, 1.82) is 0 Å². The summed E-state index contributed by atoms with van der Waals surface area (Å²) < 4.78 is 0. The van der Waals surface area contributed by atoms with Gasteiger partial charge in [0.05, 0.1) is 4.92 Å². The summed E-state index contributed by atoms with van der Waals surface area (Å²) in [6.07, 6.45) is 0.854. The van der Waals surface area contributed by atoms with Crippen molar-refractivity contribution in [2.75, 3.05) is 13.1 Å². The van der Waals surface area contributed by atoms with Crippen LogP contribution in [0.25, 0.3) is 0 Å². The van der Waals surface area contributed by atoms with E-state index in [2.05, 4.69) is 10.6 Å². The first-order valence-electron chi connectivity index (χ1n) is 5.43. The molecule has 1 aromatic rings. The van der Waals surface area contributed by atoms with E-state index < -0.39 is 4.92 Å². The predicted molar refractivity (Wildman–Crippen MR) is 61.8 cm³/mol. The molecular formula is C11H13N3O3. The maximum atomic E-state index is 11.9. The Morgan fingerprint density at radius 1 is 1.47 bits per heavy atom. The minimum absolute atomic E-state index is 0.0577. The first-order chi connectivity index (χ1) is 8.18. The van der Waals surface area contributed by atoms with Gasteiger partial charge in [-0.1, -0.05) is 12.1 Å². The van der Waals surface area contributed by atoms with E-state index in [1.165, 1.54) is 12.1 Å². The molecular weight excluding hydrogens is 222 g/mol. The minimum atomic E-state index is -0.540. The zero-order chi connectivity index (χ0) is 12.3. The van der Waals surface area contributed by atoms with Crippen LogP contribution in [0.3, 0.4) is 0 Å². The van der Waals surface area contributed by atoms with Gasteiger partial charge in [0.25, 0.3) is 11.6 Å². The number of amides is 1. The number of carbonyl (C=O) groups is 1. The number of nitrogens with zero attached hydrogens (tertiary/aromatic N) is 1. The zero-order valence-corrected chi connectivity index (χ0v) is 9.18. The van der Waals surface area contributed by atoms with Crippen LogP contribution in [0, 0.1) is 10.1 Å². The molecule has 1 heterocycles. The van der Waals surface area contributed by atoms with Gasteiger partial charge in [0.2, 0.25) is 0 Å². The normalized spacial score (nSPS) is 18.9. The molecule has 0 saturated carbocycles. The fraction of sp³-hybridized carbons (Fsp3) is 0.364. The average molecular weight is 235 g/mol. The first kappa shape index (κ1) is 11.5. The third-order valence-corrected chi connectivity index (χ3v) is 2.74. The Balaban J connectivity index is 2.15. The standard InChI is InChI=1S/C11H13N3O3/c15-11(13-8-5-6-12-7-8)9-3-1-2-4-10(9)14(16)17/h1-4,8,12H,5-7H2,(H,13,15)/t8-/m1/s1. The van der Waals surface area contributed by atoms with Gasteiger partial charge in [-0.15, -0.1) is 0 Å². The molecule has 6 nitrogen and oxygen atoms in total. The summed E-state index contributed by atoms with van der Waals surface area (Å²) in [7, 11) is 0. The molecule has 0 unspecified atom stereocenters. The van der Waals surface area contributed by atoms with E-state index in [0.29, 0.717) is 6.54 Å². The maximum Gasteiger partial charge on any atom is 0.282 e. The van der Waals surface area contributed by atoms with Gasteiger partial charge < -0.3 is 10.6 Å². The van der Waals surface area contributed by atoms with E-state index in [4.69, 9.17) is 0 Å². The SMILES string of the molecule is O=C(N[C@@H]1CCNC1)c1ccccc1[N+](=O)[O-]. The van der Waals surface area contributed by atoms with Gasteiger partial charge >= 0.3 is 0 Å². The number of nitrogens with one attached hydrogen (secondary N) is 2. The lowest BCUT2D eigenvalue weighted by Gasteiger charge is -2.11. The summed E-state index contributed by atoms with van der Waals surface area (Å²) in [6.45, 7) is 1.58. The molecule has 2 N–H and O–H groups in total. The Kier molecular flexibility index (Phi) is 3.34. The monoisotopic (exact) mass is 235 g/mol. The Morgan fingerprint density at radius 2 is 2.24 bits per heavy atom. The van der Waals surface area contributed by atoms with Crippen molar-refractivity contribution in [3.05, 3.63) is 39.9 Å². The van der Waals surface area contributed by atoms with Gasteiger partial charge in [0.1, 0.15) is 5.56 Å². The summed E-state index contributed by atoms with van der Waals surface area (Å²) >= 11 is 0. The summed E-state index contributed by atoms with van der Waals surface area (Å²) in [5, 5.41) is 16.7. The number of benzene rings is 1. The number of nitro benzene ring substituents is 1. The fourth-order valence-electron chi connectivity index (χ4n) is 1.87. The summed E-state index contributed by atoms with van der Waals surface area (Å²) in [5.74, 6) is -0.383. The summed E-state index contributed by atoms with van der Waals surface area (Å²) in [5.41, 5.74) is -0.0413. The average Bonchev–Trinajstić information content (AvgIpc) is 2.81. The number of hydrogen-bond acceptors (Lipinski definition) is 4. The molecule has 0 bridgehead atoms. The first-order valence-corrected chi connectivity index (χ1v) is 5.43. The Bertz CT molecular complexity index is 441. The van der Waals surface area contributed by atoms with Crippen LogP contribution < -0.4 is 10.6 Å². The number of para-hydroxylation sites is 1. The van der Waals surface area contributed by atoms with Crippen molar-refractivity contribution in [2.24, 2.45) is 0 Å². The largest absolute Gasteiger partial charge is 0.348 e. The van der Waals surface area contributed by atoms with Crippen molar-refractivity contribution >= 4 is 11.6 Å². The Hall–Kier alpha value is -1.95. The molecule has 0 spiro atoms. The van der Waals surface area contributed by atoms with E-state index in [9.17, 15) is 14.9 Å². The van der Waals surface area contributed by atoms with E-state index in [1.807, 2.05) is 0 Å². The zero-order valence-electron chi connectivity index (χ0n) is 9.18. The molecule has 6 heteroatoms. The molecule has 1 aromatic carbocycles. The van der Waals surface area contributed by atoms with Crippen molar-refractivity contribution in [1.82, 2.24) is 10.6 Å². The molecule has 90 valence electrons. The van der Waals surface area contributed by atoms with Gasteiger partial charge in [0, 0.05) is 18.7 Å². The molecule has 17 heavy (non-hydrogen) atoms. The van der Waals surface area contributed by atoms with Gasteiger partial charge in [0.15, 0.2) is 0 Å². The second kappa shape index (κ2) is 4.92. The van der Waals surface area contributed by atoms with Crippen LogP contribution in [0.15, 0.2) is 24.3 Å². The molecule has 0 radical (unpaired) electrons. The number of hydrogen-bond donors (Lipinski definition) is 2. The molecule has 1 aliphatic heterocycles. The smallest absolute Gasteiger partial charge is 0.282 e. The van der Waals surface area contributed by atoms with Crippen LogP contribution in [0.2, 0.25) is 0 Å². The van der Waals surface area contributed by atoms with Crippen molar-refractivity contribution in [3.8, 4) is 0 Å². The number of carbonyl (C=O) groups excluding carboxylic acids is 1. The van der Waals surface area contributed by atoms with Crippen LogP contribution in [-0.2, 0) is 0 Å². The van der Waals surface area contributed by atoms with E-state index >= 15 is 0 Å². The van der Waals surface area contributed by atoms with Crippen molar-refractivity contribution in [3.63, 3.8) is 0 Å². The highest BCUT2D eigenvalue weighted by Crippen LogP contribution is 2.17. The van der Waals surface area contributed by atoms with E-state index in [1.54, 1.807) is 12.1 Å². The topological polar surface area (TPSA) is 84.3 Å². The van der Waals surface area contributed by atoms with Crippen LogP contribution >= 0.6 is 0 Å². The highest BCUT2D eigenvalue weighted by molar-refractivity contribution is 5.98. The maximum absolute atomic E-state index is 11.9. The second-order valence-corrected chi connectivity index (χ2v) is 3.94. The van der Waals surface area contributed by atoms with Crippen molar-refractivity contribution in [2.45, 2.75) is 12.5 Å². The lowest BCUT2D eigenvalue weighted by atomic mass is 10.1. The predicted octanol–water partition coefficient (Wildman–Crippen LogP) is 0.686. The van der Waals surface area contributed by atoms with Crippen LogP contribution in [0.5, 0.6) is 0 Å². The highest BCUT2D eigenvalue weighted by atomic mass is 16.6. The van der Waals surface area contributed by atoms with Gasteiger partial charge in [-0.25, -0.2) is 0 Å². The third-order valence-electron chi connectivity index (χ3n) is 2.74. The Morgan fingerprint density at radius 3 is 2.88 bits per heavy atom. The molecule has 1 fully saturated rings. The molecule has 0 aliphatic carbocycles. The minimum Gasteiger partial charge on any atom is -0.348 e. The van der Waals surface area contributed by atoms with Crippen LogP contribution in [0.1, 0.15) is 16.8 Å². The molecule has 1 amide bonds. The van der Waals surface area contributed by atoms with E-state index in [0.717, 1.165) is 13.0 Å². The second-order valence-electron chi connectivity index (χ2n) is 3.94. The summed E-state index contributed by atoms with van der Waals surface area (Å²) in [6, 6.07) is 6.03. The van der Waals surface area contributed by atoms with Crippen molar-refractivity contribution < 1.29 is 9.72 Å². The molecule has 1 aliphatic rings.